The van der Waals surface area contributed by atoms with Gasteiger partial charge in [0.15, 0.2) is 0 Å². The second-order valence-corrected chi connectivity index (χ2v) is 6.85. The van der Waals surface area contributed by atoms with Crippen LogP contribution in [0.4, 0.5) is 10.2 Å². The van der Waals surface area contributed by atoms with Crippen LogP contribution in [0.15, 0.2) is 36.7 Å². The Morgan fingerprint density at radius 1 is 1.31 bits per heavy atom. The summed E-state index contributed by atoms with van der Waals surface area (Å²) in [6.07, 6.45) is 4.06. The molecule has 6 heteroatoms. The third kappa shape index (κ3) is 4.36. The van der Waals surface area contributed by atoms with Gasteiger partial charge in [0, 0.05) is 36.7 Å². The Morgan fingerprint density at radius 3 is 2.77 bits per heavy atom. The minimum absolute atomic E-state index is 0.0600. The molecule has 1 aliphatic rings. The number of nitrogens with zero attached hydrogens (tertiary/aromatic N) is 3. The van der Waals surface area contributed by atoms with E-state index in [9.17, 15) is 9.18 Å². The number of nitrogens with one attached hydrogen (secondary N) is 1. The molecule has 0 saturated carbocycles. The highest BCUT2D eigenvalue weighted by molar-refractivity contribution is 5.79. The maximum atomic E-state index is 13.5. The van der Waals surface area contributed by atoms with Crippen molar-refractivity contribution in [1.82, 2.24) is 15.3 Å². The molecule has 0 unspecified atom stereocenters. The normalized spacial score (nSPS) is 16.3. The lowest BCUT2D eigenvalue weighted by molar-refractivity contribution is -0.126. The average Bonchev–Trinajstić information content (AvgIpc) is 2.68. The van der Waals surface area contributed by atoms with Crippen LogP contribution in [-0.2, 0) is 4.79 Å². The number of hydrogen-bond donors (Lipinski definition) is 1. The smallest absolute Gasteiger partial charge is 0.223 e. The molecule has 2 heterocycles. The van der Waals surface area contributed by atoms with Crippen LogP contribution in [-0.4, -0.2) is 35.0 Å². The van der Waals surface area contributed by atoms with Gasteiger partial charge in [-0.05, 0) is 38.3 Å². The fraction of sp³-hybridized carbons (Fsp3) is 0.450. The summed E-state index contributed by atoms with van der Waals surface area (Å²) < 4.78 is 13.5. The molecule has 26 heavy (non-hydrogen) atoms. The number of carbonyl (C=O) groups is 1. The van der Waals surface area contributed by atoms with E-state index < -0.39 is 0 Å². The lowest BCUT2D eigenvalue weighted by Crippen LogP contribution is -2.43. The van der Waals surface area contributed by atoms with Gasteiger partial charge < -0.3 is 10.2 Å². The molecular formula is C20H25FN4O. The summed E-state index contributed by atoms with van der Waals surface area (Å²) in [6.45, 7) is 5.65. The maximum absolute atomic E-state index is 13.5. The van der Waals surface area contributed by atoms with Crippen LogP contribution in [0.2, 0.25) is 0 Å². The van der Waals surface area contributed by atoms with Crippen molar-refractivity contribution in [3.8, 4) is 11.3 Å². The van der Waals surface area contributed by atoms with E-state index in [0.717, 1.165) is 43.7 Å². The molecule has 5 nitrogen and oxygen atoms in total. The summed E-state index contributed by atoms with van der Waals surface area (Å²) in [5.41, 5.74) is 1.43. The number of anilines is 1. The highest BCUT2D eigenvalue weighted by Crippen LogP contribution is 2.25. The number of hydrogen-bond acceptors (Lipinski definition) is 4. The predicted molar refractivity (Wildman–Crippen MR) is 100 cm³/mol. The molecule has 1 aromatic heterocycles. The van der Waals surface area contributed by atoms with Crippen molar-refractivity contribution in [3.63, 3.8) is 0 Å². The Bertz CT molecular complexity index is 759. The van der Waals surface area contributed by atoms with Crippen LogP contribution in [0.5, 0.6) is 0 Å². The van der Waals surface area contributed by atoms with E-state index in [4.69, 9.17) is 0 Å². The predicted octanol–water partition coefficient (Wildman–Crippen LogP) is 3.41. The quantitative estimate of drug-likeness (QED) is 0.892. The lowest BCUT2D eigenvalue weighted by atomic mass is 9.95. The largest absolute Gasteiger partial charge is 0.356 e. The highest BCUT2D eigenvalue weighted by Gasteiger charge is 2.26. The van der Waals surface area contributed by atoms with E-state index in [1.807, 2.05) is 19.1 Å². The van der Waals surface area contributed by atoms with Gasteiger partial charge in [0.05, 0.1) is 5.69 Å². The number of benzene rings is 1. The van der Waals surface area contributed by atoms with Gasteiger partial charge in [-0.1, -0.05) is 19.1 Å². The average molecular weight is 356 g/mol. The van der Waals surface area contributed by atoms with E-state index in [1.165, 1.54) is 18.5 Å². The number of rotatable bonds is 5. The maximum Gasteiger partial charge on any atom is 0.223 e. The Morgan fingerprint density at radius 2 is 2.08 bits per heavy atom. The van der Waals surface area contributed by atoms with Gasteiger partial charge in [-0.2, -0.15) is 0 Å². The van der Waals surface area contributed by atoms with Crippen molar-refractivity contribution >= 4 is 11.7 Å². The molecule has 0 radical (unpaired) electrons. The molecule has 2 aromatic rings. The van der Waals surface area contributed by atoms with Crippen molar-refractivity contribution in [2.75, 3.05) is 18.0 Å². The summed E-state index contributed by atoms with van der Waals surface area (Å²) >= 11 is 0. The number of halogens is 1. The first-order valence-electron chi connectivity index (χ1n) is 9.20. The highest BCUT2D eigenvalue weighted by atomic mass is 19.1. The van der Waals surface area contributed by atoms with Crippen molar-refractivity contribution in [2.24, 2.45) is 5.92 Å². The van der Waals surface area contributed by atoms with Gasteiger partial charge in [-0.3, -0.25) is 4.79 Å². The van der Waals surface area contributed by atoms with Crippen LogP contribution in [0.1, 0.15) is 33.1 Å². The first kappa shape index (κ1) is 18.3. The number of carbonyl (C=O) groups excluding carboxylic acids is 1. The van der Waals surface area contributed by atoms with Crippen LogP contribution >= 0.6 is 0 Å². The Hall–Kier alpha value is -2.50. The summed E-state index contributed by atoms with van der Waals surface area (Å²) in [6, 6.07) is 8.50. The third-order valence-corrected chi connectivity index (χ3v) is 4.96. The first-order chi connectivity index (χ1) is 12.6. The summed E-state index contributed by atoms with van der Waals surface area (Å²) in [7, 11) is 0. The minimum atomic E-state index is -0.282. The zero-order chi connectivity index (χ0) is 18.5. The summed E-state index contributed by atoms with van der Waals surface area (Å²) in [5.74, 6) is 0.753. The van der Waals surface area contributed by atoms with E-state index in [-0.39, 0.29) is 23.7 Å². The molecule has 1 N–H and O–H groups in total. The topological polar surface area (TPSA) is 58.1 Å². The van der Waals surface area contributed by atoms with Crippen LogP contribution in [0.25, 0.3) is 11.3 Å². The zero-order valence-corrected chi connectivity index (χ0v) is 15.3. The van der Waals surface area contributed by atoms with E-state index in [1.54, 1.807) is 6.07 Å². The van der Waals surface area contributed by atoms with Crippen LogP contribution in [0.3, 0.4) is 0 Å². The molecule has 1 fully saturated rings. The second-order valence-electron chi connectivity index (χ2n) is 6.85. The number of aromatic nitrogens is 2. The number of amides is 1. The standard InChI is InChI=1S/C20H25FN4O/c1-3-14(2)24-20(26)15-7-9-25(10-8-15)19-12-18(22-13-23-19)16-5-4-6-17(21)11-16/h4-6,11-15H,3,7-10H2,1-2H3,(H,24,26)/t14-/m1/s1. The molecular weight excluding hydrogens is 331 g/mol. The molecule has 138 valence electrons. The van der Waals surface area contributed by atoms with E-state index in [0.29, 0.717) is 5.69 Å². The Labute approximate surface area is 153 Å². The van der Waals surface area contributed by atoms with Gasteiger partial charge in [-0.15, -0.1) is 0 Å². The molecule has 1 aliphatic heterocycles. The molecule has 1 saturated heterocycles. The summed E-state index contributed by atoms with van der Waals surface area (Å²) in [5, 5.41) is 3.07. The van der Waals surface area contributed by atoms with E-state index >= 15 is 0 Å². The molecule has 1 amide bonds. The van der Waals surface area contributed by atoms with Crippen LogP contribution < -0.4 is 10.2 Å². The second kappa shape index (κ2) is 8.25. The van der Waals surface area contributed by atoms with E-state index in [2.05, 4.69) is 27.1 Å². The fourth-order valence-electron chi connectivity index (χ4n) is 3.16. The zero-order valence-electron chi connectivity index (χ0n) is 15.3. The molecule has 0 spiro atoms. The van der Waals surface area contributed by atoms with Gasteiger partial charge in [0.2, 0.25) is 5.91 Å². The van der Waals surface area contributed by atoms with Crippen molar-refractivity contribution in [3.05, 3.63) is 42.5 Å². The van der Waals surface area contributed by atoms with Crippen molar-refractivity contribution in [2.45, 2.75) is 39.2 Å². The van der Waals surface area contributed by atoms with Crippen LogP contribution in [0, 0.1) is 11.7 Å². The Kier molecular flexibility index (Phi) is 5.81. The minimum Gasteiger partial charge on any atom is -0.356 e. The first-order valence-corrected chi connectivity index (χ1v) is 9.20. The Balaban J connectivity index is 1.65. The summed E-state index contributed by atoms with van der Waals surface area (Å²) in [4.78, 5) is 23.1. The molecule has 1 aromatic carbocycles. The SMILES string of the molecule is CC[C@@H](C)NC(=O)C1CCN(c2cc(-c3cccc(F)c3)ncn2)CC1. The lowest BCUT2D eigenvalue weighted by Gasteiger charge is -2.32. The molecule has 1 atom stereocenters. The fourth-order valence-corrected chi connectivity index (χ4v) is 3.16. The third-order valence-electron chi connectivity index (χ3n) is 4.96. The molecule has 0 aliphatic carbocycles. The van der Waals surface area contributed by atoms with Gasteiger partial charge >= 0.3 is 0 Å². The molecule has 3 rings (SSSR count). The number of piperidine rings is 1. The van der Waals surface area contributed by atoms with Gasteiger partial charge in [0.25, 0.3) is 0 Å². The van der Waals surface area contributed by atoms with Gasteiger partial charge in [-0.25, -0.2) is 14.4 Å². The van der Waals surface area contributed by atoms with Gasteiger partial charge in [0.1, 0.15) is 18.0 Å². The monoisotopic (exact) mass is 356 g/mol. The van der Waals surface area contributed by atoms with Crippen molar-refractivity contribution < 1.29 is 9.18 Å². The molecule has 0 bridgehead atoms. The van der Waals surface area contributed by atoms with Crippen molar-refractivity contribution in [1.29, 1.82) is 0 Å².